The molecule has 1 aliphatic heterocycles. The monoisotopic (exact) mass is 398 g/mol. The fourth-order valence-corrected chi connectivity index (χ4v) is 3.57. The fourth-order valence-electron chi connectivity index (χ4n) is 2.40. The molecule has 0 radical (unpaired) electrons. The maximum Gasteiger partial charge on any atom is 0.285 e. The third-order valence-corrected chi connectivity index (χ3v) is 5.01. The maximum absolute atomic E-state index is 12.7. The second-order valence-electron chi connectivity index (χ2n) is 5.71. The van der Waals surface area contributed by atoms with Crippen molar-refractivity contribution in [2.45, 2.75) is 13.3 Å². The molecule has 2 aromatic rings. The van der Waals surface area contributed by atoms with Gasteiger partial charge in [0.15, 0.2) is 4.32 Å². The fraction of sp³-hybridized carbons (Fsp3) is 0.150. The third kappa shape index (κ3) is 4.56. The molecule has 0 saturated carbocycles. The molecule has 7 heteroatoms. The minimum absolute atomic E-state index is 0.280. The normalized spacial score (nSPS) is 15.3. The summed E-state index contributed by atoms with van der Waals surface area (Å²) in [5.41, 5.74) is 3.82. The van der Waals surface area contributed by atoms with E-state index in [1.165, 1.54) is 0 Å². The van der Waals surface area contributed by atoms with E-state index in [1.54, 1.807) is 30.3 Å². The van der Waals surface area contributed by atoms with E-state index >= 15 is 0 Å². The number of carbonyl (C=O) groups excluding carboxylic acids is 2. The molecule has 138 valence electrons. The highest BCUT2D eigenvalue weighted by Crippen LogP contribution is 2.33. The van der Waals surface area contributed by atoms with Crippen LogP contribution in [-0.2, 0) is 4.79 Å². The average Bonchev–Trinajstić information content (AvgIpc) is 2.95. The zero-order valence-electron chi connectivity index (χ0n) is 14.7. The number of nitrogens with one attached hydrogen (secondary N) is 1. The minimum Gasteiger partial charge on any atom is -0.493 e. The minimum atomic E-state index is -0.389. The highest BCUT2D eigenvalue weighted by atomic mass is 32.2. The van der Waals surface area contributed by atoms with Crippen molar-refractivity contribution >= 4 is 46.2 Å². The SMILES string of the molecule is CCCOc1ccccc1/C=C1/SC(=S)N(NC(=O)c2ccccc2)C1=O. The molecule has 1 heterocycles. The van der Waals surface area contributed by atoms with Crippen LogP contribution in [0.4, 0.5) is 0 Å². The number of hydrogen-bond donors (Lipinski definition) is 1. The first kappa shape index (κ1) is 19.1. The Labute approximate surface area is 167 Å². The molecule has 0 spiro atoms. The van der Waals surface area contributed by atoms with Gasteiger partial charge in [-0.3, -0.25) is 15.0 Å². The number of benzene rings is 2. The maximum atomic E-state index is 12.7. The van der Waals surface area contributed by atoms with Gasteiger partial charge in [-0.25, -0.2) is 0 Å². The van der Waals surface area contributed by atoms with Gasteiger partial charge in [-0.05, 0) is 42.9 Å². The van der Waals surface area contributed by atoms with Crippen LogP contribution in [0.25, 0.3) is 6.08 Å². The van der Waals surface area contributed by atoms with Crippen LogP contribution in [0, 0.1) is 0 Å². The van der Waals surface area contributed by atoms with Crippen molar-refractivity contribution in [2.24, 2.45) is 0 Å². The first-order valence-corrected chi connectivity index (χ1v) is 9.68. The Morgan fingerprint density at radius 1 is 1.19 bits per heavy atom. The average molecular weight is 399 g/mol. The van der Waals surface area contributed by atoms with Crippen LogP contribution in [0.1, 0.15) is 29.3 Å². The van der Waals surface area contributed by atoms with Crippen molar-refractivity contribution in [1.29, 1.82) is 0 Å². The number of carbonyl (C=O) groups is 2. The summed E-state index contributed by atoms with van der Waals surface area (Å²) < 4.78 is 6.01. The molecular weight excluding hydrogens is 380 g/mol. The topological polar surface area (TPSA) is 58.6 Å². The van der Waals surface area contributed by atoms with Crippen molar-refractivity contribution in [3.63, 3.8) is 0 Å². The van der Waals surface area contributed by atoms with E-state index in [4.69, 9.17) is 17.0 Å². The summed E-state index contributed by atoms with van der Waals surface area (Å²) in [7, 11) is 0. The van der Waals surface area contributed by atoms with Gasteiger partial charge in [0.2, 0.25) is 0 Å². The van der Waals surface area contributed by atoms with E-state index in [0.29, 0.717) is 22.8 Å². The summed E-state index contributed by atoms with van der Waals surface area (Å²) in [4.78, 5) is 25.5. The van der Waals surface area contributed by atoms with Crippen molar-refractivity contribution in [3.8, 4) is 5.75 Å². The first-order chi connectivity index (χ1) is 13.1. The van der Waals surface area contributed by atoms with Crippen LogP contribution < -0.4 is 10.2 Å². The van der Waals surface area contributed by atoms with Gasteiger partial charge in [-0.1, -0.05) is 55.1 Å². The molecule has 0 atom stereocenters. The summed E-state index contributed by atoms with van der Waals surface area (Å²) in [5, 5.41) is 1.11. The molecule has 1 aliphatic rings. The molecular formula is C20H18N2O3S2. The van der Waals surface area contributed by atoms with Crippen molar-refractivity contribution < 1.29 is 14.3 Å². The number of rotatable bonds is 6. The molecule has 1 saturated heterocycles. The smallest absolute Gasteiger partial charge is 0.285 e. The van der Waals surface area contributed by atoms with Crippen molar-refractivity contribution in [2.75, 3.05) is 6.61 Å². The van der Waals surface area contributed by atoms with Crippen LogP contribution in [0.3, 0.4) is 0 Å². The largest absolute Gasteiger partial charge is 0.493 e. The Hall–Kier alpha value is -2.64. The van der Waals surface area contributed by atoms with E-state index in [1.807, 2.05) is 37.3 Å². The summed E-state index contributed by atoms with van der Waals surface area (Å²) in [5.74, 6) is -0.0441. The number of ether oxygens (including phenoxy) is 1. The molecule has 2 aromatic carbocycles. The molecule has 0 bridgehead atoms. The zero-order chi connectivity index (χ0) is 19.2. The third-order valence-electron chi connectivity index (χ3n) is 3.71. The van der Waals surface area contributed by atoms with Crippen LogP contribution in [-0.4, -0.2) is 27.8 Å². The molecule has 27 heavy (non-hydrogen) atoms. The number of nitrogens with zero attached hydrogens (tertiary/aromatic N) is 1. The lowest BCUT2D eigenvalue weighted by Crippen LogP contribution is -2.44. The number of hydrazine groups is 1. The van der Waals surface area contributed by atoms with E-state index in [-0.39, 0.29) is 16.1 Å². The van der Waals surface area contributed by atoms with Gasteiger partial charge in [-0.2, -0.15) is 5.01 Å². The number of amides is 2. The van der Waals surface area contributed by atoms with E-state index in [2.05, 4.69) is 5.43 Å². The lowest BCUT2D eigenvalue weighted by atomic mass is 10.2. The Balaban J connectivity index is 1.78. The van der Waals surface area contributed by atoms with Gasteiger partial charge in [0.05, 0.1) is 11.5 Å². The van der Waals surface area contributed by atoms with Gasteiger partial charge >= 0.3 is 0 Å². The predicted octanol–water partition coefficient (Wildman–Crippen LogP) is 4.02. The second kappa shape index (κ2) is 8.83. The van der Waals surface area contributed by atoms with Crippen molar-refractivity contribution in [1.82, 2.24) is 10.4 Å². The standard InChI is InChI=1S/C20H18N2O3S2/c1-2-12-25-16-11-7-6-10-15(16)13-17-19(24)22(20(26)27-17)21-18(23)14-8-4-3-5-9-14/h3-11,13H,2,12H2,1H3,(H,21,23)/b17-13+. The number of para-hydroxylation sites is 1. The van der Waals surface area contributed by atoms with Gasteiger partial charge in [0.1, 0.15) is 5.75 Å². The Morgan fingerprint density at radius 3 is 2.63 bits per heavy atom. The van der Waals surface area contributed by atoms with Crippen LogP contribution in [0.5, 0.6) is 5.75 Å². The lowest BCUT2D eigenvalue weighted by molar-refractivity contribution is -0.123. The Kier molecular flexibility index (Phi) is 6.26. The van der Waals surface area contributed by atoms with Gasteiger partial charge < -0.3 is 4.74 Å². The first-order valence-electron chi connectivity index (χ1n) is 8.46. The van der Waals surface area contributed by atoms with E-state index < -0.39 is 0 Å². The predicted molar refractivity (Wildman–Crippen MR) is 111 cm³/mol. The molecule has 0 aliphatic carbocycles. The zero-order valence-corrected chi connectivity index (χ0v) is 16.3. The molecule has 1 fully saturated rings. The lowest BCUT2D eigenvalue weighted by Gasteiger charge is -2.15. The van der Waals surface area contributed by atoms with Crippen LogP contribution in [0.2, 0.25) is 0 Å². The summed E-state index contributed by atoms with van der Waals surface area (Å²) in [6.07, 6.45) is 2.63. The summed E-state index contributed by atoms with van der Waals surface area (Å²) in [6, 6.07) is 16.2. The molecule has 2 amide bonds. The van der Waals surface area contributed by atoms with Crippen molar-refractivity contribution in [3.05, 3.63) is 70.6 Å². The quantitative estimate of drug-likeness (QED) is 0.588. The number of thioether (sulfide) groups is 1. The number of thiocarbonyl (C=S) groups is 1. The van der Waals surface area contributed by atoms with E-state index in [0.717, 1.165) is 28.8 Å². The van der Waals surface area contributed by atoms with Gasteiger partial charge in [-0.15, -0.1) is 0 Å². The molecule has 3 rings (SSSR count). The van der Waals surface area contributed by atoms with Gasteiger partial charge in [0.25, 0.3) is 11.8 Å². The molecule has 0 aromatic heterocycles. The Morgan fingerprint density at radius 2 is 1.89 bits per heavy atom. The highest BCUT2D eigenvalue weighted by Gasteiger charge is 2.34. The Bertz CT molecular complexity index is 897. The summed E-state index contributed by atoms with van der Waals surface area (Å²) >= 11 is 6.41. The van der Waals surface area contributed by atoms with Crippen LogP contribution in [0.15, 0.2) is 59.5 Å². The van der Waals surface area contributed by atoms with E-state index in [9.17, 15) is 9.59 Å². The number of hydrogen-bond acceptors (Lipinski definition) is 5. The van der Waals surface area contributed by atoms with Gasteiger partial charge in [0, 0.05) is 11.1 Å². The summed E-state index contributed by atoms with van der Waals surface area (Å²) in [6.45, 7) is 2.63. The molecule has 5 nitrogen and oxygen atoms in total. The van der Waals surface area contributed by atoms with Crippen LogP contribution >= 0.6 is 24.0 Å². The second-order valence-corrected chi connectivity index (χ2v) is 7.39. The molecule has 1 N–H and O–H groups in total. The highest BCUT2D eigenvalue weighted by molar-refractivity contribution is 8.26. The molecule has 0 unspecified atom stereocenters.